The molecule has 0 amide bonds. The molecule has 16 heavy (non-hydrogen) atoms. The Morgan fingerprint density at radius 1 is 1.44 bits per heavy atom. The van der Waals surface area contributed by atoms with Gasteiger partial charge in [0.1, 0.15) is 5.82 Å². The van der Waals surface area contributed by atoms with Crippen LogP contribution in [0.1, 0.15) is 56.1 Å². The first-order valence-corrected chi connectivity index (χ1v) is 6.21. The standard InChI is InChI=1S/C13H20N2O/c1-4-11-9(3)13(16)15-12(14-11)10-6-5-8(2)7-10/h8,10H,4-7H2,1-3H3,(H,14,15,16). The number of nitrogens with zero attached hydrogens (tertiary/aromatic N) is 1. The SMILES string of the molecule is CCc1nc(C2CCC(C)C2)[nH]c(=O)c1C. The number of aromatic amines is 1. The fourth-order valence-corrected chi connectivity index (χ4v) is 2.59. The van der Waals surface area contributed by atoms with Gasteiger partial charge in [0.15, 0.2) is 0 Å². The predicted octanol–water partition coefficient (Wildman–Crippen LogP) is 2.54. The Morgan fingerprint density at radius 2 is 2.19 bits per heavy atom. The summed E-state index contributed by atoms with van der Waals surface area (Å²) in [4.78, 5) is 19.3. The number of aryl methyl sites for hydroxylation is 1. The van der Waals surface area contributed by atoms with Crippen LogP contribution in [0.15, 0.2) is 4.79 Å². The van der Waals surface area contributed by atoms with Crippen molar-refractivity contribution < 1.29 is 0 Å². The Hall–Kier alpha value is -1.12. The summed E-state index contributed by atoms with van der Waals surface area (Å²) < 4.78 is 0. The highest BCUT2D eigenvalue weighted by Crippen LogP contribution is 2.36. The number of aromatic nitrogens is 2. The van der Waals surface area contributed by atoms with Gasteiger partial charge in [0.2, 0.25) is 0 Å². The third kappa shape index (κ3) is 2.04. The molecule has 1 heterocycles. The average Bonchev–Trinajstić information content (AvgIpc) is 2.69. The van der Waals surface area contributed by atoms with Gasteiger partial charge in [-0.1, -0.05) is 13.8 Å². The van der Waals surface area contributed by atoms with Crippen molar-refractivity contribution in [3.8, 4) is 0 Å². The molecule has 1 aromatic rings. The van der Waals surface area contributed by atoms with E-state index in [-0.39, 0.29) is 5.56 Å². The molecule has 0 bridgehead atoms. The minimum atomic E-state index is 0.0430. The van der Waals surface area contributed by atoms with Gasteiger partial charge in [-0.3, -0.25) is 4.79 Å². The van der Waals surface area contributed by atoms with Gasteiger partial charge in [-0.15, -0.1) is 0 Å². The second-order valence-electron chi connectivity index (χ2n) is 4.99. The Kier molecular flexibility index (Phi) is 3.13. The maximum absolute atomic E-state index is 11.8. The lowest BCUT2D eigenvalue weighted by atomic mass is 10.0. The van der Waals surface area contributed by atoms with Gasteiger partial charge in [0.05, 0.1) is 5.69 Å². The molecule has 1 N–H and O–H groups in total. The van der Waals surface area contributed by atoms with Crippen LogP contribution in [0.3, 0.4) is 0 Å². The van der Waals surface area contributed by atoms with E-state index in [0.29, 0.717) is 5.92 Å². The molecule has 0 aliphatic heterocycles. The Bertz CT molecular complexity index is 436. The van der Waals surface area contributed by atoms with Crippen molar-refractivity contribution in [1.29, 1.82) is 0 Å². The van der Waals surface area contributed by atoms with Crippen LogP contribution in [0.4, 0.5) is 0 Å². The van der Waals surface area contributed by atoms with Gasteiger partial charge >= 0.3 is 0 Å². The fourth-order valence-electron chi connectivity index (χ4n) is 2.59. The normalized spacial score (nSPS) is 24.9. The number of rotatable bonds is 2. The highest BCUT2D eigenvalue weighted by molar-refractivity contribution is 5.17. The van der Waals surface area contributed by atoms with Gasteiger partial charge in [-0.05, 0) is 38.5 Å². The Labute approximate surface area is 96.3 Å². The van der Waals surface area contributed by atoms with E-state index in [1.165, 1.54) is 6.42 Å². The van der Waals surface area contributed by atoms with Crippen LogP contribution in [0, 0.1) is 12.8 Å². The van der Waals surface area contributed by atoms with Crippen molar-refractivity contribution in [2.75, 3.05) is 0 Å². The molecular weight excluding hydrogens is 200 g/mol. The first kappa shape index (κ1) is 11.4. The molecule has 0 aromatic carbocycles. The highest BCUT2D eigenvalue weighted by Gasteiger charge is 2.25. The van der Waals surface area contributed by atoms with Crippen molar-refractivity contribution in [1.82, 2.24) is 9.97 Å². The summed E-state index contributed by atoms with van der Waals surface area (Å²) in [5.74, 6) is 2.15. The summed E-state index contributed by atoms with van der Waals surface area (Å²) in [5.41, 5.74) is 1.78. The molecule has 2 unspecified atom stereocenters. The molecular formula is C13H20N2O. The predicted molar refractivity (Wildman–Crippen MR) is 64.7 cm³/mol. The van der Waals surface area contributed by atoms with E-state index in [1.54, 1.807) is 0 Å². The van der Waals surface area contributed by atoms with Crippen LogP contribution in [-0.4, -0.2) is 9.97 Å². The fraction of sp³-hybridized carbons (Fsp3) is 0.692. The summed E-state index contributed by atoms with van der Waals surface area (Å²) in [7, 11) is 0. The molecule has 2 atom stereocenters. The number of nitrogens with one attached hydrogen (secondary N) is 1. The van der Waals surface area contributed by atoms with Crippen LogP contribution < -0.4 is 5.56 Å². The van der Waals surface area contributed by atoms with Crippen molar-refractivity contribution in [2.45, 2.75) is 52.4 Å². The van der Waals surface area contributed by atoms with Crippen molar-refractivity contribution >= 4 is 0 Å². The maximum Gasteiger partial charge on any atom is 0.254 e. The summed E-state index contributed by atoms with van der Waals surface area (Å²) in [6, 6.07) is 0. The minimum Gasteiger partial charge on any atom is -0.310 e. The van der Waals surface area contributed by atoms with E-state index in [2.05, 4.69) is 23.8 Å². The number of hydrogen-bond acceptors (Lipinski definition) is 2. The molecule has 0 radical (unpaired) electrons. The second kappa shape index (κ2) is 4.40. The lowest BCUT2D eigenvalue weighted by Gasteiger charge is -2.11. The van der Waals surface area contributed by atoms with Crippen molar-refractivity contribution in [3.05, 3.63) is 27.4 Å². The van der Waals surface area contributed by atoms with Gasteiger partial charge in [-0.2, -0.15) is 0 Å². The van der Waals surface area contributed by atoms with Crippen molar-refractivity contribution in [3.63, 3.8) is 0 Å². The van der Waals surface area contributed by atoms with E-state index in [1.807, 2.05) is 6.92 Å². The topological polar surface area (TPSA) is 45.8 Å². The molecule has 88 valence electrons. The average molecular weight is 220 g/mol. The van der Waals surface area contributed by atoms with Gasteiger partial charge < -0.3 is 4.98 Å². The van der Waals surface area contributed by atoms with E-state index in [0.717, 1.165) is 42.3 Å². The van der Waals surface area contributed by atoms with Gasteiger partial charge in [-0.25, -0.2) is 4.98 Å². The summed E-state index contributed by atoms with van der Waals surface area (Å²) in [6.07, 6.45) is 4.42. The monoisotopic (exact) mass is 220 g/mol. The summed E-state index contributed by atoms with van der Waals surface area (Å²) in [5, 5.41) is 0. The number of H-pyrrole nitrogens is 1. The highest BCUT2D eigenvalue weighted by atomic mass is 16.1. The van der Waals surface area contributed by atoms with Crippen LogP contribution in [0.25, 0.3) is 0 Å². The Balaban J connectivity index is 2.35. The lowest BCUT2D eigenvalue weighted by Crippen LogP contribution is -2.19. The molecule has 2 rings (SSSR count). The zero-order valence-electron chi connectivity index (χ0n) is 10.3. The summed E-state index contributed by atoms with van der Waals surface area (Å²) in [6.45, 7) is 6.18. The van der Waals surface area contributed by atoms with E-state index in [9.17, 15) is 4.79 Å². The molecule has 3 heteroatoms. The molecule has 0 spiro atoms. The zero-order valence-corrected chi connectivity index (χ0v) is 10.3. The Morgan fingerprint density at radius 3 is 2.75 bits per heavy atom. The molecule has 1 saturated carbocycles. The van der Waals surface area contributed by atoms with E-state index < -0.39 is 0 Å². The van der Waals surface area contributed by atoms with Crippen LogP contribution in [0.5, 0.6) is 0 Å². The first-order chi connectivity index (χ1) is 7.61. The molecule has 3 nitrogen and oxygen atoms in total. The van der Waals surface area contributed by atoms with E-state index in [4.69, 9.17) is 0 Å². The molecule has 1 aromatic heterocycles. The third-order valence-electron chi connectivity index (χ3n) is 3.69. The van der Waals surface area contributed by atoms with Gasteiger partial charge in [0.25, 0.3) is 5.56 Å². The maximum atomic E-state index is 11.8. The minimum absolute atomic E-state index is 0.0430. The molecule has 0 saturated heterocycles. The van der Waals surface area contributed by atoms with Crippen LogP contribution >= 0.6 is 0 Å². The quantitative estimate of drug-likeness (QED) is 0.832. The van der Waals surface area contributed by atoms with E-state index >= 15 is 0 Å². The smallest absolute Gasteiger partial charge is 0.254 e. The van der Waals surface area contributed by atoms with Crippen LogP contribution in [-0.2, 0) is 6.42 Å². The lowest BCUT2D eigenvalue weighted by molar-refractivity contribution is 0.582. The zero-order chi connectivity index (χ0) is 11.7. The first-order valence-electron chi connectivity index (χ1n) is 6.21. The van der Waals surface area contributed by atoms with Gasteiger partial charge in [0, 0.05) is 11.5 Å². The largest absolute Gasteiger partial charge is 0.310 e. The van der Waals surface area contributed by atoms with Crippen molar-refractivity contribution in [2.24, 2.45) is 5.92 Å². The van der Waals surface area contributed by atoms with Crippen LogP contribution in [0.2, 0.25) is 0 Å². The molecule has 1 aliphatic rings. The summed E-state index contributed by atoms with van der Waals surface area (Å²) >= 11 is 0. The third-order valence-corrected chi connectivity index (χ3v) is 3.69. The second-order valence-corrected chi connectivity index (χ2v) is 4.99. The molecule has 1 fully saturated rings. The number of hydrogen-bond donors (Lipinski definition) is 1. The molecule has 1 aliphatic carbocycles.